The summed E-state index contributed by atoms with van der Waals surface area (Å²) in [6.45, 7) is 1.95. The summed E-state index contributed by atoms with van der Waals surface area (Å²) in [5.74, 6) is 0.271. The van der Waals surface area contributed by atoms with Crippen LogP contribution in [-0.2, 0) is 0 Å². The number of phenolic OH excluding ortho intramolecular Hbond substituents is 1. The molecule has 0 amide bonds. The second-order valence-electron chi connectivity index (χ2n) is 4.08. The van der Waals surface area contributed by atoms with Gasteiger partial charge in [-0.3, -0.25) is 0 Å². The van der Waals surface area contributed by atoms with Crippen LogP contribution in [0.3, 0.4) is 0 Å². The van der Waals surface area contributed by atoms with E-state index in [1.165, 1.54) is 0 Å². The van der Waals surface area contributed by atoms with Gasteiger partial charge in [0.25, 0.3) is 0 Å². The van der Waals surface area contributed by atoms with E-state index in [2.05, 4.69) is 15.9 Å². The van der Waals surface area contributed by atoms with E-state index in [1.807, 2.05) is 37.3 Å². The summed E-state index contributed by atoms with van der Waals surface area (Å²) in [7, 11) is 0. The van der Waals surface area contributed by atoms with Crippen LogP contribution in [0.4, 0.5) is 0 Å². The molecule has 0 spiro atoms. The van der Waals surface area contributed by atoms with Gasteiger partial charge in [0.15, 0.2) is 0 Å². The summed E-state index contributed by atoms with van der Waals surface area (Å²) >= 11 is 3.49. The lowest BCUT2D eigenvalue weighted by atomic mass is 10.0. The summed E-state index contributed by atoms with van der Waals surface area (Å²) in [4.78, 5) is 0. The van der Waals surface area contributed by atoms with Gasteiger partial charge in [0.1, 0.15) is 5.75 Å². The van der Waals surface area contributed by atoms with Gasteiger partial charge in [0.05, 0.1) is 0 Å². The Labute approximate surface area is 109 Å². The molecular formula is C14H14BrNO. The van der Waals surface area contributed by atoms with Gasteiger partial charge >= 0.3 is 0 Å². The van der Waals surface area contributed by atoms with Crippen molar-refractivity contribution < 1.29 is 5.11 Å². The lowest BCUT2D eigenvalue weighted by Crippen LogP contribution is -2.05. The molecule has 0 radical (unpaired) electrons. The van der Waals surface area contributed by atoms with E-state index < -0.39 is 0 Å². The second kappa shape index (κ2) is 4.90. The minimum atomic E-state index is -0.0263. The van der Waals surface area contributed by atoms with E-state index in [0.717, 1.165) is 21.2 Å². The van der Waals surface area contributed by atoms with Gasteiger partial charge in [-0.05, 0) is 47.9 Å². The summed E-state index contributed by atoms with van der Waals surface area (Å²) in [5.41, 5.74) is 9.01. The van der Waals surface area contributed by atoms with Gasteiger partial charge in [-0.25, -0.2) is 0 Å². The second-order valence-corrected chi connectivity index (χ2v) is 4.93. The van der Waals surface area contributed by atoms with Crippen molar-refractivity contribution in [1.29, 1.82) is 0 Å². The van der Waals surface area contributed by atoms with E-state index in [-0.39, 0.29) is 11.8 Å². The molecule has 1 atom stereocenters. The molecule has 3 heteroatoms. The molecule has 0 saturated carbocycles. The number of benzene rings is 2. The number of rotatable bonds is 2. The first kappa shape index (κ1) is 12.1. The Balaban J connectivity index is 2.50. The third-order valence-corrected chi connectivity index (χ3v) is 3.39. The summed E-state index contributed by atoms with van der Waals surface area (Å²) in [6, 6.07) is 13.2. The molecule has 2 rings (SSSR count). The smallest absolute Gasteiger partial charge is 0.116 e. The Morgan fingerprint density at radius 3 is 2.47 bits per heavy atom. The molecule has 0 heterocycles. The number of aromatic hydroxyl groups is 1. The monoisotopic (exact) mass is 291 g/mol. The highest BCUT2D eigenvalue weighted by Crippen LogP contribution is 2.29. The van der Waals surface area contributed by atoms with Gasteiger partial charge in [-0.15, -0.1) is 0 Å². The average molecular weight is 292 g/mol. The Hall–Kier alpha value is -1.32. The van der Waals surface area contributed by atoms with Crippen LogP contribution in [0.15, 0.2) is 46.9 Å². The Bertz CT molecular complexity index is 537. The number of phenols is 1. The fourth-order valence-corrected chi connectivity index (χ4v) is 2.37. The maximum absolute atomic E-state index is 9.47. The number of nitrogens with two attached hydrogens (primary N) is 1. The molecule has 1 unspecified atom stereocenters. The van der Waals surface area contributed by atoms with Gasteiger partial charge in [-0.2, -0.15) is 0 Å². The fourth-order valence-electron chi connectivity index (χ4n) is 1.76. The molecule has 0 aromatic heterocycles. The standard InChI is InChI=1S/C14H14BrNO/c1-9(16)13-8-11(5-6-14(13)15)10-3-2-4-12(17)7-10/h2-9,17H,16H2,1H3. The first-order chi connectivity index (χ1) is 8.08. The molecule has 2 aromatic rings. The largest absolute Gasteiger partial charge is 0.508 e. The van der Waals surface area contributed by atoms with E-state index in [0.29, 0.717) is 0 Å². The van der Waals surface area contributed by atoms with Crippen LogP contribution in [0.2, 0.25) is 0 Å². The van der Waals surface area contributed by atoms with Crippen molar-refractivity contribution in [2.24, 2.45) is 5.73 Å². The Kier molecular flexibility index (Phi) is 3.50. The average Bonchev–Trinajstić information content (AvgIpc) is 2.29. The van der Waals surface area contributed by atoms with Crippen LogP contribution >= 0.6 is 15.9 Å². The number of hydrogen-bond donors (Lipinski definition) is 2. The molecular weight excluding hydrogens is 278 g/mol. The van der Waals surface area contributed by atoms with Gasteiger partial charge in [0, 0.05) is 10.5 Å². The first-order valence-corrected chi connectivity index (χ1v) is 6.21. The van der Waals surface area contributed by atoms with Gasteiger partial charge < -0.3 is 10.8 Å². The summed E-state index contributed by atoms with van der Waals surface area (Å²) in [6.07, 6.45) is 0. The van der Waals surface area contributed by atoms with Crippen LogP contribution in [-0.4, -0.2) is 5.11 Å². The van der Waals surface area contributed by atoms with Crippen molar-refractivity contribution in [3.63, 3.8) is 0 Å². The van der Waals surface area contributed by atoms with Crippen molar-refractivity contribution in [2.75, 3.05) is 0 Å². The molecule has 17 heavy (non-hydrogen) atoms. The Morgan fingerprint density at radius 2 is 1.82 bits per heavy atom. The maximum Gasteiger partial charge on any atom is 0.116 e. The molecule has 0 aliphatic carbocycles. The molecule has 0 aliphatic heterocycles. The quantitative estimate of drug-likeness (QED) is 0.883. The molecule has 88 valence electrons. The minimum Gasteiger partial charge on any atom is -0.508 e. The third kappa shape index (κ3) is 2.68. The lowest BCUT2D eigenvalue weighted by molar-refractivity contribution is 0.475. The van der Waals surface area contributed by atoms with Crippen LogP contribution in [0, 0.1) is 0 Å². The van der Waals surface area contributed by atoms with Crippen molar-refractivity contribution in [1.82, 2.24) is 0 Å². The highest BCUT2D eigenvalue weighted by atomic mass is 79.9. The van der Waals surface area contributed by atoms with Crippen molar-refractivity contribution in [2.45, 2.75) is 13.0 Å². The van der Waals surface area contributed by atoms with Gasteiger partial charge in [0.2, 0.25) is 0 Å². The van der Waals surface area contributed by atoms with E-state index in [1.54, 1.807) is 12.1 Å². The highest BCUT2D eigenvalue weighted by molar-refractivity contribution is 9.10. The summed E-state index contributed by atoms with van der Waals surface area (Å²) < 4.78 is 1.01. The zero-order chi connectivity index (χ0) is 12.4. The molecule has 3 N–H and O–H groups in total. The molecule has 0 aliphatic rings. The SMILES string of the molecule is CC(N)c1cc(-c2cccc(O)c2)ccc1Br. The molecule has 0 bridgehead atoms. The van der Waals surface area contributed by atoms with E-state index in [9.17, 15) is 5.11 Å². The zero-order valence-electron chi connectivity index (χ0n) is 9.52. The maximum atomic E-state index is 9.47. The van der Waals surface area contributed by atoms with Crippen LogP contribution < -0.4 is 5.73 Å². The van der Waals surface area contributed by atoms with Crippen LogP contribution in [0.25, 0.3) is 11.1 Å². The Morgan fingerprint density at radius 1 is 1.12 bits per heavy atom. The van der Waals surface area contributed by atoms with E-state index >= 15 is 0 Å². The molecule has 2 nitrogen and oxygen atoms in total. The molecule has 0 fully saturated rings. The fraction of sp³-hybridized carbons (Fsp3) is 0.143. The van der Waals surface area contributed by atoms with Crippen molar-refractivity contribution in [3.8, 4) is 16.9 Å². The predicted octanol–water partition coefficient (Wildman–Crippen LogP) is 3.84. The molecule has 2 aromatic carbocycles. The van der Waals surface area contributed by atoms with Gasteiger partial charge in [-0.1, -0.05) is 34.1 Å². The normalized spacial score (nSPS) is 12.4. The first-order valence-electron chi connectivity index (χ1n) is 5.42. The minimum absolute atomic E-state index is 0.0263. The molecule has 0 saturated heterocycles. The highest BCUT2D eigenvalue weighted by Gasteiger charge is 2.07. The predicted molar refractivity (Wildman–Crippen MR) is 73.8 cm³/mol. The van der Waals surface area contributed by atoms with E-state index in [4.69, 9.17) is 5.73 Å². The van der Waals surface area contributed by atoms with Crippen LogP contribution in [0.1, 0.15) is 18.5 Å². The zero-order valence-corrected chi connectivity index (χ0v) is 11.1. The topological polar surface area (TPSA) is 46.2 Å². The van der Waals surface area contributed by atoms with Crippen LogP contribution in [0.5, 0.6) is 5.75 Å². The van der Waals surface area contributed by atoms with Crippen molar-refractivity contribution >= 4 is 15.9 Å². The third-order valence-electron chi connectivity index (χ3n) is 2.67. The lowest BCUT2D eigenvalue weighted by Gasteiger charge is -2.11. The van der Waals surface area contributed by atoms with Crippen molar-refractivity contribution in [3.05, 3.63) is 52.5 Å². The number of halogens is 1. The number of hydrogen-bond acceptors (Lipinski definition) is 2. The summed E-state index contributed by atoms with van der Waals surface area (Å²) in [5, 5.41) is 9.47.